The van der Waals surface area contributed by atoms with Gasteiger partial charge in [0.1, 0.15) is 5.75 Å². The molecule has 2 aromatic carbocycles. The fourth-order valence-electron chi connectivity index (χ4n) is 2.75. The molecular formula is C22H27BrN2O3. The van der Waals surface area contributed by atoms with Gasteiger partial charge in [0.25, 0.3) is 5.91 Å². The molecule has 0 radical (unpaired) electrons. The largest absolute Gasteiger partial charge is 0.483 e. The van der Waals surface area contributed by atoms with E-state index in [2.05, 4.69) is 29.8 Å². The van der Waals surface area contributed by atoms with E-state index in [0.29, 0.717) is 18.2 Å². The van der Waals surface area contributed by atoms with Gasteiger partial charge in [0.05, 0.1) is 4.47 Å². The average molecular weight is 447 g/mol. The molecule has 2 N–H and O–H groups in total. The maximum Gasteiger partial charge on any atom is 0.260 e. The molecular weight excluding hydrogens is 420 g/mol. The van der Waals surface area contributed by atoms with Crippen LogP contribution in [0.4, 0.5) is 0 Å². The van der Waals surface area contributed by atoms with Crippen LogP contribution in [0.5, 0.6) is 5.75 Å². The Labute approximate surface area is 175 Å². The predicted octanol–water partition coefficient (Wildman–Crippen LogP) is 4.25. The Bertz CT molecular complexity index is 796. The van der Waals surface area contributed by atoms with Gasteiger partial charge in [0, 0.05) is 19.5 Å². The monoisotopic (exact) mass is 446 g/mol. The van der Waals surface area contributed by atoms with E-state index in [1.54, 1.807) is 4.90 Å². The van der Waals surface area contributed by atoms with E-state index in [9.17, 15) is 9.59 Å². The van der Waals surface area contributed by atoms with Crippen molar-refractivity contribution < 1.29 is 14.3 Å². The van der Waals surface area contributed by atoms with Crippen molar-refractivity contribution in [2.45, 2.75) is 39.2 Å². The number of nitrogens with two attached hydrogens (primary N) is 1. The molecule has 0 fully saturated rings. The molecule has 2 aromatic rings. The molecule has 2 rings (SSSR count). The van der Waals surface area contributed by atoms with E-state index < -0.39 is 5.91 Å². The minimum absolute atomic E-state index is 0.104. The zero-order valence-corrected chi connectivity index (χ0v) is 17.9. The number of hydrogen-bond donors (Lipinski definition) is 1. The van der Waals surface area contributed by atoms with Crippen molar-refractivity contribution in [3.05, 3.63) is 64.1 Å². The summed E-state index contributed by atoms with van der Waals surface area (Å²) in [6.45, 7) is 4.89. The smallest absolute Gasteiger partial charge is 0.260 e. The zero-order valence-electron chi connectivity index (χ0n) is 16.4. The number of benzene rings is 2. The molecule has 0 aromatic heterocycles. The summed E-state index contributed by atoms with van der Waals surface area (Å²) in [4.78, 5) is 25.5. The van der Waals surface area contributed by atoms with Gasteiger partial charge in [-0.15, -0.1) is 0 Å². The highest BCUT2D eigenvalue weighted by molar-refractivity contribution is 9.10. The Balaban J connectivity index is 2.03. The third-order valence-electron chi connectivity index (χ3n) is 4.69. The van der Waals surface area contributed by atoms with Crippen LogP contribution in [0.15, 0.2) is 53.0 Å². The number of amides is 2. The molecule has 1 unspecified atom stereocenters. The van der Waals surface area contributed by atoms with Crippen LogP contribution in [0.25, 0.3) is 0 Å². The fraction of sp³-hybridized carbons (Fsp3) is 0.364. The first-order chi connectivity index (χ1) is 13.4. The lowest BCUT2D eigenvalue weighted by Crippen LogP contribution is -2.36. The number of rotatable bonds is 10. The molecule has 2 amide bonds. The second kappa shape index (κ2) is 10.9. The minimum Gasteiger partial charge on any atom is -0.483 e. The molecule has 0 aliphatic carbocycles. The highest BCUT2D eigenvalue weighted by atomic mass is 79.9. The number of carbonyl (C=O) groups excluding carboxylic acids is 2. The van der Waals surface area contributed by atoms with Crippen molar-refractivity contribution >= 4 is 27.7 Å². The van der Waals surface area contributed by atoms with E-state index in [1.807, 2.05) is 48.5 Å². The van der Waals surface area contributed by atoms with Crippen molar-refractivity contribution in [2.75, 3.05) is 13.2 Å². The standard InChI is InChI=1S/C22H27BrN2O3/c1-3-16(2)18-9-10-20(19(23)13-18)28-15-22(27)25(12-11-21(24)26)14-17-7-5-4-6-8-17/h4-10,13,16H,3,11-12,14-15H2,1-2H3,(H2,24,26). The van der Waals surface area contributed by atoms with Gasteiger partial charge in [-0.2, -0.15) is 0 Å². The van der Waals surface area contributed by atoms with Crippen molar-refractivity contribution in [1.82, 2.24) is 4.90 Å². The molecule has 0 spiro atoms. The Morgan fingerprint density at radius 3 is 2.50 bits per heavy atom. The summed E-state index contributed by atoms with van der Waals surface area (Å²) < 4.78 is 6.56. The lowest BCUT2D eigenvalue weighted by Gasteiger charge is -2.23. The van der Waals surface area contributed by atoms with E-state index in [0.717, 1.165) is 16.5 Å². The van der Waals surface area contributed by atoms with Gasteiger partial charge in [-0.05, 0) is 51.5 Å². The second-order valence-electron chi connectivity index (χ2n) is 6.81. The summed E-state index contributed by atoms with van der Waals surface area (Å²) in [5.74, 6) is 0.454. The van der Waals surface area contributed by atoms with Gasteiger partial charge in [-0.1, -0.05) is 50.2 Å². The predicted molar refractivity (Wildman–Crippen MR) is 114 cm³/mol. The van der Waals surface area contributed by atoms with Crippen molar-refractivity contribution in [3.8, 4) is 5.75 Å². The van der Waals surface area contributed by atoms with Crippen LogP contribution in [0.2, 0.25) is 0 Å². The van der Waals surface area contributed by atoms with E-state index in [-0.39, 0.29) is 25.5 Å². The summed E-state index contributed by atoms with van der Waals surface area (Å²) in [7, 11) is 0. The topological polar surface area (TPSA) is 72.6 Å². The number of primary amides is 1. The molecule has 0 aliphatic rings. The normalized spacial score (nSPS) is 11.7. The van der Waals surface area contributed by atoms with Crippen LogP contribution in [0.3, 0.4) is 0 Å². The van der Waals surface area contributed by atoms with Gasteiger partial charge < -0.3 is 15.4 Å². The molecule has 0 aliphatic heterocycles. The Morgan fingerprint density at radius 1 is 1.18 bits per heavy atom. The molecule has 150 valence electrons. The second-order valence-corrected chi connectivity index (χ2v) is 7.66. The van der Waals surface area contributed by atoms with Crippen LogP contribution < -0.4 is 10.5 Å². The van der Waals surface area contributed by atoms with Crippen LogP contribution in [-0.2, 0) is 16.1 Å². The highest BCUT2D eigenvalue weighted by Crippen LogP contribution is 2.30. The molecule has 0 heterocycles. The maximum absolute atomic E-state index is 12.7. The number of hydrogen-bond acceptors (Lipinski definition) is 3. The summed E-state index contributed by atoms with van der Waals surface area (Å²) in [5, 5.41) is 0. The zero-order chi connectivity index (χ0) is 20.5. The molecule has 5 nitrogen and oxygen atoms in total. The number of carbonyl (C=O) groups is 2. The maximum atomic E-state index is 12.7. The number of nitrogens with zero attached hydrogens (tertiary/aromatic N) is 1. The fourth-order valence-corrected chi connectivity index (χ4v) is 3.26. The lowest BCUT2D eigenvalue weighted by atomic mass is 9.99. The van der Waals surface area contributed by atoms with Crippen LogP contribution in [0.1, 0.15) is 43.7 Å². The number of halogens is 1. The van der Waals surface area contributed by atoms with Gasteiger partial charge in [-0.25, -0.2) is 0 Å². The molecule has 6 heteroatoms. The average Bonchev–Trinajstić information content (AvgIpc) is 2.69. The third-order valence-corrected chi connectivity index (χ3v) is 5.31. The van der Waals surface area contributed by atoms with Gasteiger partial charge in [-0.3, -0.25) is 9.59 Å². The van der Waals surface area contributed by atoms with E-state index >= 15 is 0 Å². The van der Waals surface area contributed by atoms with E-state index in [4.69, 9.17) is 10.5 Å². The molecule has 0 saturated carbocycles. The summed E-state index contributed by atoms with van der Waals surface area (Å²) >= 11 is 3.52. The lowest BCUT2D eigenvalue weighted by molar-refractivity contribution is -0.134. The van der Waals surface area contributed by atoms with Crippen LogP contribution in [0, 0.1) is 0 Å². The van der Waals surface area contributed by atoms with Crippen LogP contribution >= 0.6 is 15.9 Å². The molecule has 28 heavy (non-hydrogen) atoms. The van der Waals surface area contributed by atoms with E-state index in [1.165, 1.54) is 5.56 Å². The van der Waals surface area contributed by atoms with Gasteiger partial charge >= 0.3 is 0 Å². The van der Waals surface area contributed by atoms with Crippen LogP contribution in [-0.4, -0.2) is 29.9 Å². The van der Waals surface area contributed by atoms with Crippen molar-refractivity contribution in [3.63, 3.8) is 0 Å². The van der Waals surface area contributed by atoms with Gasteiger partial charge in [0.2, 0.25) is 5.91 Å². The molecule has 0 bridgehead atoms. The van der Waals surface area contributed by atoms with Crippen molar-refractivity contribution in [1.29, 1.82) is 0 Å². The Kier molecular flexibility index (Phi) is 8.51. The molecule has 1 atom stereocenters. The summed E-state index contributed by atoms with van der Waals surface area (Å²) in [6, 6.07) is 15.6. The quantitative estimate of drug-likeness (QED) is 0.592. The van der Waals surface area contributed by atoms with Crippen molar-refractivity contribution in [2.24, 2.45) is 5.73 Å². The summed E-state index contributed by atoms with van der Waals surface area (Å²) in [5.41, 5.74) is 7.46. The minimum atomic E-state index is -0.435. The third kappa shape index (κ3) is 6.68. The first kappa shape index (κ1) is 22.0. The number of ether oxygens (including phenoxy) is 1. The van der Waals surface area contributed by atoms with Gasteiger partial charge in [0.15, 0.2) is 6.61 Å². The summed E-state index contributed by atoms with van der Waals surface area (Å²) in [6.07, 6.45) is 1.17. The SMILES string of the molecule is CCC(C)c1ccc(OCC(=O)N(CCC(N)=O)Cc2ccccc2)c(Br)c1. The highest BCUT2D eigenvalue weighted by Gasteiger charge is 2.17. The Hall–Kier alpha value is -2.34. The molecule has 0 saturated heterocycles. The Morgan fingerprint density at radius 2 is 1.89 bits per heavy atom. The first-order valence-electron chi connectivity index (χ1n) is 9.43. The first-order valence-corrected chi connectivity index (χ1v) is 10.2.